The fourth-order valence-electron chi connectivity index (χ4n) is 2.49. The second-order valence-electron chi connectivity index (χ2n) is 5.10. The molecule has 98 valence electrons. The van der Waals surface area contributed by atoms with Gasteiger partial charge in [0.15, 0.2) is 0 Å². The molecule has 1 saturated heterocycles. The highest BCUT2D eigenvalue weighted by Gasteiger charge is 2.32. The summed E-state index contributed by atoms with van der Waals surface area (Å²) in [5.41, 5.74) is 3.21. The molecule has 0 spiro atoms. The highest BCUT2D eigenvalue weighted by atomic mass is 16.3. The average molecular weight is 248 g/mol. The molecule has 1 aliphatic heterocycles. The lowest BCUT2D eigenvalue weighted by atomic mass is 10.1. The Labute approximate surface area is 108 Å². The van der Waals surface area contributed by atoms with Crippen LogP contribution >= 0.6 is 0 Å². The van der Waals surface area contributed by atoms with Crippen molar-refractivity contribution in [2.24, 2.45) is 0 Å². The number of aliphatic hydroxyl groups excluding tert-OH is 1. The number of nitrogens with zero attached hydrogens (tertiary/aromatic N) is 1. The van der Waals surface area contributed by atoms with Crippen LogP contribution in [-0.4, -0.2) is 36.2 Å². The van der Waals surface area contributed by atoms with Gasteiger partial charge in [-0.25, -0.2) is 0 Å². The van der Waals surface area contributed by atoms with Gasteiger partial charge in [0, 0.05) is 18.3 Å². The third kappa shape index (κ3) is 2.54. The molecular weight excluding hydrogens is 228 g/mol. The molecule has 0 aromatic heterocycles. The lowest BCUT2D eigenvalue weighted by Gasteiger charge is -2.36. The SMILES string of the molecule is Cc1cc(C)cc(N2CC(C)NC(CO)C2=O)c1. The van der Waals surface area contributed by atoms with E-state index in [9.17, 15) is 9.90 Å². The molecule has 2 rings (SSSR count). The molecule has 0 aliphatic carbocycles. The minimum absolute atomic E-state index is 0.0550. The van der Waals surface area contributed by atoms with Gasteiger partial charge in [0.2, 0.25) is 5.91 Å². The molecule has 1 fully saturated rings. The average Bonchev–Trinajstić information content (AvgIpc) is 2.30. The Bertz CT molecular complexity index is 439. The highest BCUT2D eigenvalue weighted by molar-refractivity contribution is 5.98. The molecule has 4 heteroatoms. The van der Waals surface area contributed by atoms with Gasteiger partial charge in [-0.3, -0.25) is 10.1 Å². The van der Waals surface area contributed by atoms with E-state index in [4.69, 9.17) is 0 Å². The molecule has 18 heavy (non-hydrogen) atoms. The number of rotatable bonds is 2. The molecule has 0 radical (unpaired) electrons. The van der Waals surface area contributed by atoms with Crippen LogP contribution in [0, 0.1) is 13.8 Å². The number of nitrogens with one attached hydrogen (secondary N) is 1. The first-order valence-electron chi connectivity index (χ1n) is 6.28. The van der Waals surface area contributed by atoms with E-state index in [1.54, 1.807) is 4.90 Å². The Morgan fingerprint density at radius 1 is 1.33 bits per heavy atom. The molecule has 4 nitrogen and oxygen atoms in total. The Hall–Kier alpha value is -1.39. The van der Waals surface area contributed by atoms with Gasteiger partial charge >= 0.3 is 0 Å². The maximum absolute atomic E-state index is 12.2. The van der Waals surface area contributed by atoms with E-state index in [1.807, 2.05) is 32.9 Å². The fourth-order valence-corrected chi connectivity index (χ4v) is 2.49. The summed E-state index contributed by atoms with van der Waals surface area (Å²) in [5, 5.41) is 12.3. The fraction of sp³-hybridized carbons (Fsp3) is 0.500. The third-order valence-corrected chi connectivity index (χ3v) is 3.21. The van der Waals surface area contributed by atoms with Gasteiger partial charge in [0.05, 0.1) is 6.61 Å². The van der Waals surface area contributed by atoms with Gasteiger partial charge in [-0.2, -0.15) is 0 Å². The van der Waals surface area contributed by atoms with Crippen LogP contribution in [0.1, 0.15) is 18.1 Å². The van der Waals surface area contributed by atoms with Crippen LogP contribution in [-0.2, 0) is 4.79 Å². The van der Waals surface area contributed by atoms with Gasteiger partial charge in [-0.15, -0.1) is 0 Å². The number of anilines is 1. The maximum atomic E-state index is 12.2. The second kappa shape index (κ2) is 5.08. The number of aliphatic hydroxyl groups is 1. The molecule has 2 atom stereocenters. The van der Waals surface area contributed by atoms with Crippen molar-refractivity contribution in [1.29, 1.82) is 0 Å². The highest BCUT2D eigenvalue weighted by Crippen LogP contribution is 2.21. The monoisotopic (exact) mass is 248 g/mol. The van der Waals surface area contributed by atoms with Gasteiger partial charge in [-0.05, 0) is 44.0 Å². The van der Waals surface area contributed by atoms with E-state index in [0.29, 0.717) is 6.54 Å². The van der Waals surface area contributed by atoms with E-state index in [0.717, 1.165) is 16.8 Å². The quantitative estimate of drug-likeness (QED) is 0.820. The predicted octanol–water partition coefficient (Wildman–Crippen LogP) is 0.989. The second-order valence-corrected chi connectivity index (χ2v) is 5.10. The molecule has 2 unspecified atom stereocenters. The summed E-state index contributed by atoms with van der Waals surface area (Å²) < 4.78 is 0. The van der Waals surface area contributed by atoms with Crippen LogP contribution in [0.4, 0.5) is 5.69 Å². The largest absolute Gasteiger partial charge is 0.394 e. The minimum Gasteiger partial charge on any atom is -0.394 e. The zero-order chi connectivity index (χ0) is 13.3. The number of aryl methyl sites for hydroxylation is 2. The molecule has 0 bridgehead atoms. The summed E-state index contributed by atoms with van der Waals surface area (Å²) in [5.74, 6) is -0.0550. The zero-order valence-corrected chi connectivity index (χ0v) is 11.1. The van der Waals surface area contributed by atoms with Gasteiger partial charge < -0.3 is 10.0 Å². The molecule has 1 aliphatic rings. The van der Waals surface area contributed by atoms with E-state index >= 15 is 0 Å². The van der Waals surface area contributed by atoms with Crippen molar-refractivity contribution in [3.8, 4) is 0 Å². The number of benzene rings is 1. The lowest BCUT2D eigenvalue weighted by molar-refractivity contribution is -0.123. The Morgan fingerprint density at radius 2 is 1.94 bits per heavy atom. The first-order chi connectivity index (χ1) is 8.51. The first-order valence-corrected chi connectivity index (χ1v) is 6.28. The first kappa shape index (κ1) is 13.1. The molecule has 1 aromatic rings. The number of piperazine rings is 1. The normalized spacial score (nSPS) is 24.4. The molecule has 1 aromatic carbocycles. The predicted molar refractivity (Wildman–Crippen MR) is 71.7 cm³/mol. The van der Waals surface area contributed by atoms with Crippen molar-refractivity contribution in [3.05, 3.63) is 29.3 Å². The summed E-state index contributed by atoms with van der Waals surface area (Å²) in [6.07, 6.45) is 0. The van der Waals surface area contributed by atoms with Crippen molar-refractivity contribution in [2.75, 3.05) is 18.1 Å². The standard InChI is InChI=1S/C14H20N2O2/c1-9-4-10(2)6-12(5-9)16-7-11(3)15-13(8-17)14(16)18/h4-6,11,13,15,17H,7-8H2,1-3H3. The molecule has 2 N–H and O–H groups in total. The van der Waals surface area contributed by atoms with E-state index < -0.39 is 6.04 Å². The summed E-state index contributed by atoms with van der Waals surface area (Å²) in [7, 11) is 0. The number of carbonyl (C=O) groups excluding carboxylic acids is 1. The summed E-state index contributed by atoms with van der Waals surface area (Å²) in [6.45, 7) is 6.54. The number of carbonyl (C=O) groups is 1. The van der Waals surface area contributed by atoms with Crippen molar-refractivity contribution in [1.82, 2.24) is 5.32 Å². The van der Waals surface area contributed by atoms with E-state index in [1.165, 1.54) is 0 Å². The van der Waals surface area contributed by atoms with Gasteiger partial charge in [-0.1, -0.05) is 6.07 Å². The summed E-state index contributed by atoms with van der Waals surface area (Å²) >= 11 is 0. The van der Waals surface area contributed by atoms with Crippen LogP contribution < -0.4 is 10.2 Å². The Morgan fingerprint density at radius 3 is 2.50 bits per heavy atom. The van der Waals surface area contributed by atoms with Crippen LogP contribution in [0.3, 0.4) is 0 Å². The van der Waals surface area contributed by atoms with Crippen LogP contribution in [0.25, 0.3) is 0 Å². The van der Waals surface area contributed by atoms with Crippen molar-refractivity contribution >= 4 is 11.6 Å². The van der Waals surface area contributed by atoms with Gasteiger partial charge in [0.25, 0.3) is 0 Å². The minimum atomic E-state index is -0.491. The molecule has 0 saturated carbocycles. The van der Waals surface area contributed by atoms with E-state index in [2.05, 4.69) is 11.4 Å². The molecule has 1 heterocycles. The van der Waals surface area contributed by atoms with Crippen LogP contribution in [0.2, 0.25) is 0 Å². The van der Waals surface area contributed by atoms with Crippen molar-refractivity contribution < 1.29 is 9.90 Å². The zero-order valence-electron chi connectivity index (χ0n) is 11.1. The van der Waals surface area contributed by atoms with Crippen LogP contribution in [0.15, 0.2) is 18.2 Å². The van der Waals surface area contributed by atoms with Gasteiger partial charge in [0.1, 0.15) is 6.04 Å². The lowest BCUT2D eigenvalue weighted by Crippen LogP contribution is -2.60. The Kier molecular flexibility index (Phi) is 3.68. The smallest absolute Gasteiger partial charge is 0.246 e. The van der Waals surface area contributed by atoms with Crippen LogP contribution in [0.5, 0.6) is 0 Å². The summed E-state index contributed by atoms with van der Waals surface area (Å²) in [4.78, 5) is 14.0. The van der Waals surface area contributed by atoms with Crippen molar-refractivity contribution in [2.45, 2.75) is 32.9 Å². The Balaban J connectivity index is 2.33. The maximum Gasteiger partial charge on any atom is 0.246 e. The molecular formula is C14H20N2O2. The molecule has 1 amide bonds. The van der Waals surface area contributed by atoms with Crippen molar-refractivity contribution in [3.63, 3.8) is 0 Å². The number of hydrogen-bond donors (Lipinski definition) is 2. The topological polar surface area (TPSA) is 52.6 Å². The number of hydrogen-bond acceptors (Lipinski definition) is 3. The number of amides is 1. The summed E-state index contributed by atoms with van der Waals surface area (Å²) in [6, 6.07) is 5.80. The van der Waals surface area contributed by atoms with E-state index in [-0.39, 0.29) is 18.6 Å². The third-order valence-electron chi connectivity index (χ3n) is 3.21.